The quantitative estimate of drug-likeness (QED) is 0.0684. The van der Waals surface area contributed by atoms with Crippen LogP contribution in [0.4, 0.5) is 38.1 Å². The highest BCUT2D eigenvalue weighted by molar-refractivity contribution is 6.32. The van der Waals surface area contributed by atoms with Gasteiger partial charge in [-0.25, -0.2) is 23.8 Å². The number of amides is 2. The van der Waals surface area contributed by atoms with E-state index < -0.39 is 40.3 Å². The number of hydrogen-bond donors (Lipinski definition) is 3. The Bertz CT molecular complexity index is 1840. The molecule has 0 atom stereocenters. The van der Waals surface area contributed by atoms with Crippen LogP contribution in [0.2, 0.25) is 5.02 Å². The van der Waals surface area contributed by atoms with Gasteiger partial charge < -0.3 is 19.9 Å². The van der Waals surface area contributed by atoms with Gasteiger partial charge in [0.25, 0.3) is 0 Å². The summed E-state index contributed by atoms with van der Waals surface area (Å²) in [6, 6.07) is 10.9. The molecule has 0 aliphatic rings. The molecule has 4 aromatic rings. The van der Waals surface area contributed by atoms with Gasteiger partial charge in [0.05, 0.1) is 33.4 Å². The van der Waals surface area contributed by atoms with E-state index in [0.29, 0.717) is 6.07 Å². The number of pyridine rings is 1. The van der Waals surface area contributed by atoms with Crippen LogP contribution < -0.4 is 20.2 Å². The van der Waals surface area contributed by atoms with E-state index in [9.17, 15) is 41.7 Å². The van der Waals surface area contributed by atoms with Crippen LogP contribution in [0, 0.1) is 21.7 Å². The van der Waals surface area contributed by atoms with Crippen LogP contribution in [0.15, 0.2) is 78.0 Å². The zero-order valence-corrected chi connectivity index (χ0v) is 25.4. The lowest BCUT2D eigenvalue weighted by molar-refractivity contribution is -0.385. The summed E-state index contributed by atoms with van der Waals surface area (Å²) in [5.74, 6) is -2.75. The van der Waals surface area contributed by atoms with Gasteiger partial charge in [0.1, 0.15) is 28.8 Å². The summed E-state index contributed by atoms with van der Waals surface area (Å²) < 4.78 is 74.4. The summed E-state index contributed by atoms with van der Waals surface area (Å²) >= 11 is 5.80. The van der Waals surface area contributed by atoms with Crippen LogP contribution in [0.1, 0.15) is 35.5 Å². The van der Waals surface area contributed by atoms with Crippen LogP contribution in [0.25, 0.3) is 0 Å². The number of aromatic nitrogens is 1. The van der Waals surface area contributed by atoms with Gasteiger partial charge >= 0.3 is 23.9 Å². The van der Waals surface area contributed by atoms with Crippen LogP contribution in [-0.2, 0) is 6.18 Å². The van der Waals surface area contributed by atoms with Gasteiger partial charge in [-0.05, 0) is 62.4 Å². The summed E-state index contributed by atoms with van der Waals surface area (Å²) in [4.78, 5) is 37.0. The molecule has 18 heteroatoms. The van der Waals surface area contributed by atoms with Crippen molar-refractivity contribution in [1.29, 1.82) is 0 Å². The molecule has 2 amide bonds. The fourth-order valence-electron chi connectivity index (χ4n) is 3.71. The van der Waals surface area contributed by atoms with E-state index in [1.54, 1.807) is 6.92 Å². The number of urea groups is 1. The highest BCUT2D eigenvalue weighted by atomic mass is 35.5. The van der Waals surface area contributed by atoms with Crippen molar-refractivity contribution in [1.82, 2.24) is 10.4 Å². The molecular weight excluding hydrogens is 673 g/mol. The molecule has 0 bridgehead atoms. The Kier molecular flexibility index (Phi) is 12.3. The van der Waals surface area contributed by atoms with Crippen molar-refractivity contribution >= 4 is 40.7 Å². The number of anilines is 1. The molecule has 12 nitrogen and oxygen atoms in total. The third-order valence-corrected chi connectivity index (χ3v) is 6.04. The highest BCUT2D eigenvalue weighted by Gasteiger charge is 2.31. The molecule has 1 heterocycles. The van der Waals surface area contributed by atoms with Crippen LogP contribution >= 0.6 is 11.6 Å². The van der Waals surface area contributed by atoms with Crippen molar-refractivity contribution in [3.8, 4) is 17.2 Å². The Hall–Kier alpha value is -5.84. The second-order valence-electron chi connectivity index (χ2n) is 9.19. The van der Waals surface area contributed by atoms with Gasteiger partial charge in [-0.2, -0.15) is 18.3 Å². The van der Waals surface area contributed by atoms with Gasteiger partial charge in [0, 0.05) is 30.1 Å². The molecule has 3 N–H and O–H groups in total. The van der Waals surface area contributed by atoms with Gasteiger partial charge in [-0.3, -0.25) is 15.1 Å². The summed E-state index contributed by atoms with van der Waals surface area (Å²) in [5, 5.41) is 25.7. The van der Waals surface area contributed by atoms with Gasteiger partial charge in [-0.15, -0.1) is 0 Å². The van der Waals surface area contributed by atoms with Crippen LogP contribution in [0.5, 0.6) is 17.2 Å². The van der Waals surface area contributed by atoms with E-state index in [4.69, 9.17) is 26.2 Å². The topological polar surface area (TPSA) is 165 Å². The fourth-order valence-corrected chi connectivity index (χ4v) is 3.92. The Morgan fingerprint density at radius 3 is 2.31 bits per heavy atom. The number of carbonyl (C=O) groups is 2. The number of aromatic carboxylic acids is 1. The lowest BCUT2D eigenvalue weighted by Crippen LogP contribution is -2.26. The number of hydrazone groups is 1. The Morgan fingerprint density at radius 1 is 1.04 bits per heavy atom. The number of carbonyl (C=O) groups excluding carboxylic acids is 1. The molecule has 48 heavy (non-hydrogen) atoms. The van der Waals surface area contributed by atoms with Crippen molar-refractivity contribution < 1.29 is 51.0 Å². The smallest absolute Gasteiger partial charge is 0.416 e. The number of carboxylic acid groups (broad SMARTS) is 1. The first-order valence-electron chi connectivity index (χ1n) is 13.3. The summed E-state index contributed by atoms with van der Waals surface area (Å²) in [6.45, 7) is 3.31. The predicted molar refractivity (Wildman–Crippen MR) is 163 cm³/mol. The molecule has 4 rings (SSSR count). The molecule has 0 fully saturated rings. The van der Waals surface area contributed by atoms with Crippen molar-refractivity contribution in [2.24, 2.45) is 5.10 Å². The van der Waals surface area contributed by atoms with E-state index in [0.717, 1.165) is 30.3 Å². The third-order valence-electron chi connectivity index (χ3n) is 5.74. The molecule has 0 radical (unpaired) electrons. The second-order valence-corrected chi connectivity index (χ2v) is 9.60. The van der Waals surface area contributed by atoms with E-state index in [1.165, 1.54) is 43.5 Å². The van der Waals surface area contributed by atoms with Crippen LogP contribution in [-0.4, -0.2) is 39.3 Å². The molecule has 0 saturated carbocycles. The van der Waals surface area contributed by atoms with Crippen LogP contribution in [0.3, 0.4) is 0 Å². The Labute approximate surface area is 272 Å². The summed E-state index contributed by atoms with van der Waals surface area (Å²) in [6.07, 6.45) is -3.13. The Morgan fingerprint density at radius 2 is 1.73 bits per heavy atom. The van der Waals surface area contributed by atoms with Gasteiger partial charge in [0.15, 0.2) is 0 Å². The number of nitro benzene ring substituents is 1. The minimum Gasteiger partial charge on any atom is -0.487 e. The highest BCUT2D eigenvalue weighted by Crippen LogP contribution is 2.38. The molecule has 0 unspecified atom stereocenters. The molecule has 3 aromatic carbocycles. The zero-order valence-electron chi connectivity index (χ0n) is 24.6. The van der Waals surface area contributed by atoms with Crippen molar-refractivity contribution in [3.63, 3.8) is 0 Å². The standard InChI is InChI=1S/C15H11ClF3NO4.C15H12F2N4O3/c1-2-23-14-8-10(4-5-12(14)20(21)22)24-13-6-3-9(7-11(13)16)15(17,18)19;1-8(13-12(14(22)23)3-2-4-18-13)20-21-15(24)19-11-6-9(16)5-10(17)7-11/h3-8H,2H2,1H3;2-7H,1H3,(H,22,23)(H2,19,21,24)/b;20-8+. The number of nitro groups is 1. The van der Waals surface area contributed by atoms with Crippen molar-refractivity contribution in [2.75, 3.05) is 11.9 Å². The van der Waals surface area contributed by atoms with E-state index in [2.05, 4.69) is 20.8 Å². The first-order chi connectivity index (χ1) is 22.6. The SMILES string of the molecule is C/C(=N\NC(=O)Nc1cc(F)cc(F)c1)c1ncccc1C(=O)O.CCOc1cc(Oc2ccc(C(F)(F)F)cc2Cl)ccc1[N+](=O)[O-]. The normalized spacial score (nSPS) is 11.1. The predicted octanol–water partition coefficient (Wildman–Crippen LogP) is 8.06. The number of carboxylic acids is 1. The maximum atomic E-state index is 13.0. The van der Waals surface area contributed by atoms with Crippen molar-refractivity contribution in [3.05, 3.63) is 117 Å². The maximum absolute atomic E-state index is 13.0. The molecule has 0 saturated heterocycles. The molecule has 252 valence electrons. The molecule has 0 aliphatic heterocycles. The fraction of sp³-hybridized carbons (Fsp3) is 0.133. The largest absolute Gasteiger partial charge is 0.487 e. The second kappa shape index (κ2) is 16.1. The van der Waals surface area contributed by atoms with Gasteiger partial charge in [0.2, 0.25) is 5.75 Å². The lowest BCUT2D eigenvalue weighted by atomic mass is 10.1. The molecule has 1 aromatic heterocycles. The minimum atomic E-state index is -4.52. The average Bonchev–Trinajstić information content (AvgIpc) is 3.00. The first-order valence-corrected chi connectivity index (χ1v) is 13.7. The summed E-state index contributed by atoms with van der Waals surface area (Å²) in [7, 11) is 0. The average molecular weight is 696 g/mol. The third kappa shape index (κ3) is 10.3. The molecule has 0 spiro atoms. The first kappa shape index (κ1) is 36.6. The number of nitrogens with one attached hydrogen (secondary N) is 2. The lowest BCUT2D eigenvalue weighted by Gasteiger charge is -2.12. The number of ether oxygens (including phenoxy) is 2. The van der Waals surface area contributed by atoms with Crippen molar-refractivity contribution in [2.45, 2.75) is 20.0 Å². The minimum absolute atomic E-state index is 0.0111. The molecule has 0 aliphatic carbocycles. The zero-order chi connectivity index (χ0) is 35.6. The number of nitrogens with zero attached hydrogens (tertiary/aromatic N) is 3. The number of alkyl halides is 3. The monoisotopic (exact) mass is 695 g/mol. The Balaban J connectivity index is 0.000000260. The number of benzene rings is 3. The van der Waals surface area contributed by atoms with Gasteiger partial charge in [-0.1, -0.05) is 11.6 Å². The number of rotatable bonds is 9. The van der Waals surface area contributed by atoms with E-state index >= 15 is 0 Å². The summed E-state index contributed by atoms with van der Waals surface area (Å²) in [5.41, 5.74) is 1.00. The maximum Gasteiger partial charge on any atom is 0.416 e. The molecular formula is C30H23ClF5N5O7. The van der Waals surface area contributed by atoms with E-state index in [1.807, 2.05) is 0 Å². The number of halogens is 6. The number of hydrogen-bond acceptors (Lipinski definition) is 8. The van der Waals surface area contributed by atoms with E-state index in [-0.39, 0.29) is 57.2 Å².